The number of hydrogen-bond acceptors (Lipinski definition) is 3. The largest absolute Gasteiger partial charge is 0.481 e. The Morgan fingerprint density at radius 2 is 1.71 bits per heavy atom. The van der Waals surface area contributed by atoms with Crippen LogP contribution in [0.3, 0.4) is 0 Å². The van der Waals surface area contributed by atoms with E-state index in [1.54, 1.807) is 6.08 Å². The molecule has 0 aromatic heterocycles. The molecule has 1 atom stereocenters. The fourth-order valence-electron chi connectivity index (χ4n) is 2.87. The molecule has 3 N–H and O–H groups in total. The highest BCUT2D eigenvalue weighted by molar-refractivity contribution is 5.67. The highest BCUT2D eigenvalue weighted by Crippen LogP contribution is 2.47. The van der Waals surface area contributed by atoms with E-state index in [2.05, 4.69) is 0 Å². The molecule has 0 aromatic rings. The lowest BCUT2D eigenvalue weighted by Gasteiger charge is -2.46. The van der Waals surface area contributed by atoms with Gasteiger partial charge in [-0.05, 0) is 22.8 Å². The average molecular weight is 296 g/mol. The minimum Gasteiger partial charge on any atom is -0.481 e. The number of rotatable bonds is 3. The van der Waals surface area contributed by atoms with Crippen molar-refractivity contribution in [3.05, 3.63) is 23.3 Å². The van der Waals surface area contributed by atoms with Gasteiger partial charge in [0.1, 0.15) is 0 Å². The second-order valence-corrected chi connectivity index (χ2v) is 8.01. The molecule has 4 heteroatoms. The van der Waals surface area contributed by atoms with E-state index in [0.717, 1.165) is 5.57 Å². The standard InChI is InChI=1S/C17H28O4/c1-15(2,3)12-9-11(7-8-14(18)19)10-13(16(4,5)6)17(12,20)21/h9-10,12,20-21H,7-8H2,1-6H3,(H,18,19). The Kier molecular flexibility index (Phi) is 4.76. The van der Waals surface area contributed by atoms with Crippen molar-refractivity contribution in [1.29, 1.82) is 0 Å². The fourth-order valence-corrected chi connectivity index (χ4v) is 2.87. The molecule has 0 saturated carbocycles. The molecule has 0 spiro atoms. The third kappa shape index (κ3) is 4.17. The van der Waals surface area contributed by atoms with Crippen LogP contribution in [-0.4, -0.2) is 27.1 Å². The number of carboxylic acid groups (broad SMARTS) is 1. The van der Waals surface area contributed by atoms with Gasteiger partial charge in [-0.3, -0.25) is 4.79 Å². The molecule has 0 aromatic carbocycles. The highest BCUT2D eigenvalue weighted by atomic mass is 16.5. The lowest BCUT2D eigenvalue weighted by Crippen LogP contribution is -2.49. The second-order valence-electron chi connectivity index (χ2n) is 8.01. The van der Waals surface area contributed by atoms with E-state index >= 15 is 0 Å². The number of aliphatic carboxylic acids is 1. The zero-order valence-corrected chi connectivity index (χ0v) is 13.9. The third-order valence-electron chi connectivity index (χ3n) is 3.91. The molecule has 1 aliphatic rings. The number of aliphatic hydroxyl groups is 2. The van der Waals surface area contributed by atoms with Crippen LogP contribution in [0.1, 0.15) is 54.4 Å². The Hall–Kier alpha value is -1.13. The summed E-state index contributed by atoms with van der Waals surface area (Å²) in [6.07, 6.45) is 4.02. The zero-order chi connectivity index (χ0) is 16.6. The molecule has 4 nitrogen and oxygen atoms in total. The minimum absolute atomic E-state index is 0.0421. The topological polar surface area (TPSA) is 77.8 Å². The SMILES string of the molecule is CC(C)(C)C1=CC(CCC(=O)O)=CC(C(C)(C)C)C1(O)O. The number of allylic oxidation sites excluding steroid dienone is 2. The van der Waals surface area contributed by atoms with Gasteiger partial charge in [0.15, 0.2) is 5.79 Å². The summed E-state index contributed by atoms with van der Waals surface area (Å²) in [7, 11) is 0. The van der Waals surface area contributed by atoms with E-state index in [-0.39, 0.29) is 11.8 Å². The fraction of sp³-hybridized carbons (Fsp3) is 0.706. The third-order valence-corrected chi connectivity index (χ3v) is 3.91. The Labute approximate surface area is 127 Å². The van der Waals surface area contributed by atoms with Gasteiger partial charge in [-0.1, -0.05) is 59.3 Å². The molecule has 0 heterocycles. The molecule has 0 radical (unpaired) electrons. The predicted molar refractivity (Wildman–Crippen MR) is 82.6 cm³/mol. The van der Waals surface area contributed by atoms with Gasteiger partial charge in [0, 0.05) is 12.3 Å². The smallest absolute Gasteiger partial charge is 0.303 e. The van der Waals surface area contributed by atoms with Gasteiger partial charge in [-0.2, -0.15) is 0 Å². The summed E-state index contributed by atoms with van der Waals surface area (Å²) in [4.78, 5) is 10.8. The maximum atomic E-state index is 10.8. The van der Waals surface area contributed by atoms with Crippen LogP contribution in [0.4, 0.5) is 0 Å². The van der Waals surface area contributed by atoms with Gasteiger partial charge < -0.3 is 15.3 Å². The van der Waals surface area contributed by atoms with E-state index in [0.29, 0.717) is 12.0 Å². The van der Waals surface area contributed by atoms with Gasteiger partial charge in [0.25, 0.3) is 0 Å². The van der Waals surface area contributed by atoms with Gasteiger partial charge in [-0.15, -0.1) is 0 Å². The first-order chi connectivity index (χ1) is 9.26. The van der Waals surface area contributed by atoms with Gasteiger partial charge >= 0.3 is 5.97 Å². The lowest BCUT2D eigenvalue weighted by atomic mass is 9.65. The molecule has 1 aliphatic carbocycles. The van der Waals surface area contributed by atoms with Crippen molar-refractivity contribution in [3.63, 3.8) is 0 Å². The van der Waals surface area contributed by atoms with Crippen LogP contribution >= 0.6 is 0 Å². The van der Waals surface area contributed by atoms with Crippen LogP contribution in [0, 0.1) is 16.7 Å². The lowest BCUT2D eigenvalue weighted by molar-refractivity contribution is -0.188. The van der Waals surface area contributed by atoms with E-state index < -0.39 is 23.1 Å². The molecular weight excluding hydrogens is 268 g/mol. The second kappa shape index (κ2) is 5.58. The molecule has 0 fully saturated rings. The van der Waals surface area contributed by atoms with E-state index in [1.165, 1.54) is 0 Å². The average Bonchev–Trinajstić information content (AvgIpc) is 2.23. The molecule has 120 valence electrons. The van der Waals surface area contributed by atoms with Gasteiger partial charge in [-0.25, -0.2) is 0 Å². The van der Waals surface area contributed by atoms with Crippen molar-refractivity contribution in [2.75, 3.05) is 0 Å². The molecule has 0 saturated heterocycles. The molecular formula is C17H28O4. The first-order valence-corrected chi connectivity index (χ1v) is 7.36. The Balaban J connectivity index is 3.29. The van der Waals surface area contributed by atoms with Gasteiger partial charge in [0.2, 0.25) is 0 Å². The predicted octanol–water partition coefficient (Wildman–Crippen LogP) is 3.11. The summed E-state index contributed by atoms with van der Waals surface area (Å²) in [5, 5.41) is 30.2. The molecule has 0 bridgehead atoms. The Morgan fingerprint density at radius 3 is 2.10 bits per heavy atom. The first kappa shape index (κ1) is 17.9. The normalized spacial score (nSPS) is 22.6. The van der Waals surface area contributed by atoms with Crippen LogP contribution in [-0.2, 0) is 4.79 Å². The van der Waals surface area contributed by atoms with Crippen molar-refractivity contribution >= 4 is 5.97 Å². The monoisotopic (exact) mass is 296 g/mol. The number of carbonyl (C=O) groups is 1. The number of carboxylic acids is 1. The molecule has 0 aliphatic heterocycles. The van der Waals surface area contributed by atoms with Crippen molar-refractivity contribution in [1.82, 2.24) is 0 Å². The van der Waals surface area contributed by atoms with Crippen LogP contribution in [0.25, 0.3) is 0 Å². The number of hydrogen-bond donors (Lipinski definition) is 3. The maximum absolute atomic E-state index is 10.8. The van der Waals surface area contributed by atoms with Crippen LogP contribution in [0.15, 0.2) is 23.3 Å². The Bertz CT molecular complexity index is 470. The maximum Gasteiger partial charge on any atom is 0.303 e. The first-order valence-electron chi connectivity index (χ1n) is 7.36. The summed E-state index contributed by atoms with van der Waals surface area (Å²) in [5.74, 6) is -3.24. The van der Waals surface area contributed by atoms with Crippen molar-refractivity contribution in [2.45, 2.75) is 60.2 Å². The highest BCUT2D eigenvalue weighted by Gasteiger charge is 2.48. The minimum atomic E-state index is -1.91. The van der Waals surface area contributed by atoms with E-state index in [1.807, 2.05) is 47.6 Å². The summed E-state index contributed by atoms with van der Waals surface area (Å²) in [6, 6.07) is 0. The quantitative estimate of drug-likeness (QED) is 0.699. The summed E-state index contributed by atoms with van der Waals surface area (Å²) in [6.45, 7) is 11.7. The zero-order valence-electron chi connectivity index (χ0n) is 13.9. The van der Waals surface area contributed by atoms with Crippen LogP contribution in [0.5, 0.6) is 0 Å². The van der Waals surface area contributed by atoms with E-state index in [4.69, 9.17) is 5.11 Å². The molecule has 1 unspecified atom stereocenters. The van der Waals surface area contributed by atoms with Crippen molar-refractivity contribution in [3.8, 4) is 0 Å². The Morgan fingerprint density at radius 1 is 1.19 bits per heavy atom. The summed E-state index contributed by atoms with van der Waals surface area (Å²) >= 11 is 0. The van der Waals surface area contributed by atoms with Gasteiger partial charge in [0.05, 0.1) is 0 Å². The van der Waals surface area contributed by atoms with Crippen LogP contribution < -0.4 is 0 Å². The van der Waals surface area contributed by atoms with Crippen LogP contribution in [0.2, 0.25) is 0 Å². The van der Waals surface area contributed by atoms with E-state index in [9.17, 15) is 15.0 Å². The summed E-state index contributed by atoms with van der Waals surface area (Å²) in [5.41, 5.74) is 0.650. The molecule has 21 heavy (non-hydrogen) atoms. The molecule has 1 rings (SSSR count). The molecule has 0 amide bonds. The summed E-state index contributed by atoms with van der Waals surface area (Å²) < 4.78 is 0. The van der Waals surface area contributed by atoms with Crippen molar-refractivity contribution in [2.24, 2.45) is 16.7 Å². The van der Waals surface area contributed by atoms with Crippen molar-refractivity contribution < 1.29 is 20.1 Å².